The highest BCUT2D eigenvalue weighted by Gasteiger charge is 2.27. The third-order valence-electron chi connectivity index (χ3n) is 4.36. The van der Waals surface area contributed by atoms with Crippen LogP contribution in [0.25, 0.3) is 0 Å². The Labute approximate surface area is 163 Å². The zero-order valence-corrected chi connectivity index (χ0v) is 17.3. The summed E-state index contributed by atoms with van der Waals surface area (Å²) >= 11 is 1.39. The molecule has 0 aliphatic rings. The third kappa shape index (κ3) is 4.89. The first-order chi connectivity index (χ1) is 12.6. The van der Waals surface area contributed by atoms with Gasteiger partial charge in [0, 0.05) is 16.2 Å². The quantitative estimate of drug-likeness (QED) is 0.432. The van der Waals surface area contributed by atoms with Crippen LogP contribution in [0.4, 0.5) is 0 Å². The van der Waals surface area contributed by atoms with Crippen molar-refractivity contribution in [3.63, 3.8) is 0 Å². The Morgan fingerprint density at radius 3 is 2.15 bits per heavy atom. The molecule has 1 aromatic heterocycles. The fourth-order valence-electron chi connectivity index (χ4n) is 2.92. The number of esters is 1. The Hall–Kier alpha value is -2.34. The molecule has 6 heteroatoms. The first kappa shape index (κ1) is 21.0. The smallest absolute Gasteiger partial charge is 0.319 e. The Morgan fingerprint density at radius 2 is 1.63 bits per heavy atom. The summed E-state index contributed by atoms with van der Waals surface area (Å²) in [5.41, 5.74) is 3.22. The van der Waals surface area contributed by atoms with Crippen molar-refractivity contribution in [3.05, 3.63) is 52.3 Å². The zero-order valence-electron chi connectivity index (χ0n) is 16.5. The third-order valence-corrected chi connectivity index (χ3v) is 5.45. The predicted octanol–water partition coefficient (Wildman–Crippen LogP) is 4.44. The summed E-state index contributed by atoms with van der Waals surface area (Å²) in [5, 5.41) is -0.442. The highest BCUT2D eigenvalue weighted by molar-refractivity contribution is 8.00. The molecule has 1 aromatic carbocycles. The van der Waals surface area contributed by atoms with Gasteiger partial charge in [-0.3, -0.25) is 14.4 Å². The molecule has 0 aliphatic carbocycles. The van der Waals surface area contributed by atoms with Gasteiger partial charge in [-0.15, -0.1) is 11.8 Å². The number of carbonyl (C=O) groups is 3. The summed E-state index contributed by atoms with van der Waals surface area (Å²) in [5.74, 6) is -0.897. The maximum atomic E-state index is 12.7. The number of carbonyl (C=O) groups excluding carboxylic acids is 3. The number of Topliss-reactive ketones (excluding diaryl/α,β-unsaturated/α-hetero) is 2. The number of aromatic amines is 1. The second-order valence-corrected chi connectivity index (χ2v) is 8.11. The molecule has 2 aromatic rings. The van der Waals surface area contributed by atoms with Crippen LogP contribution in [0.1, 0.15) is 58.4 Å². The number of thioether (sulfide) groups is 1. The molecule has 0 fully saturated rings. The largest absolute Gasteiger partial charge is 0.453 e. The average molecular weight is 388 g/mol. The van der Waals surface area contributed by atoms with Crippen molar-refractivity contribution in [2.24, 2.45) is 0 Å². The van der Waals surface area contributed by atoms with Gasteiger partial charge in [0.1, 0.15) is 5.25 Å². The van der Waals surface area contributed by atoms with Crippen molar-refractivity contribution in [1.29, 1.82) is 0 Å². The molecule has 5 nitrogen and oxygen atoms in total. The van der Waals surface area contributed by atoms with E-state index < -0.39 is 17.3 Å². The van der Waals surface area contributed by atoms with Crippen molar-refractivity contribution in [2.45, 2.75) is 57.8 Å². The second-order valence-electron chi connectivity index (χ2n) is 6.70. The normalized spacial score (nSPS) is 13.1. The van der Waals surface area contributed by atoms with Crippen molar-refractivity contribution < 1.29 is 19.1 Å². The van der Waals surface area contributed by atoms with E-state index in [1.807, 2.05) is 31.2 Å². The number of H-pyrrole nitrogens is 1. The predicted molar refractivity (Wildman–Crippen MR) is 107 cm³/mol. The van der Waals surface area contributed by atoms with Crippen LogP contribution >= 0.6 is 11.8 Å². The summed E-state index contributed by atoms with van der Waals surface area (Å²) in [6.45, 7) is 10.2. The number of benzene rings is 1. The van der Waals surface area contributed by atoms with Crippen LogP contribution in [0.2, 0.25) is 0 Å². The number of rotatable bonds is 7. The molecule has 1 N–H and O–H groups in total. The van der Waals surface area contributed by atoms with Crippen LogP contribution in [0.3, 0.4) is 0 Å². The molecule has 0 saturated heterocycles. The molecule has 27 heavy (non-hydrogen) atoms. The molecule has 0 unspecified atom stereocenters. The van der Waals surface area contributed by atoms with Crippen LogP contribution in [0.5, 0.6) is 0 Å². The lowest BCUT2D eigenvalue weighted by atomic mass is 10.0. The monoisotopic (exact) mass is 387 g/mol. The van der Waals surface area contributed by atoms with Crippen LogP contribution in [-0.4, -0.2) is 33.9 Å². The van der Waals surface area contributed by atoms with E-state index in [0.29, 0.717) is 22.5 Å². The molecular weight excluding hydrogens is 362 g/mol. The minimum atomic E-state index is -0.935. The number of aromatic nitrogens is 1. The van der Waals surface area contributed by atoms with Gasteiger partial charge < -0.3 is 9.72 Å². The topological polar surface area (TPSA) is 76.2 Å². The lowest BCUT2D eigenvalue weighted by molar-refractivity contribution is -0.145. The number of aryl methyl sites for hydroxylation is 2. The van der Waals surface area contributed by atoms with Gasteiger partial charge in [-0.05, 0) is 59.2 Å². The van der Waals surface area contributed by atoms with E-state index in [2.05, 4.69) is 4.98 Å². The standard InChI is InChI=1S/C21H25NO4S/c1-11-7-9-17(10-8-11)27-16(6)21(25)26-15(5)20(24)19-12(2)18(14(4)23)13(3)22-19/h7-10,15-16,22H,1-6H3/t15-,16-/m0/s1. The second kappa shape index (κ2) is 8.57. The maximum absolute atomic E-state index is 12.7. The number of hydrogen-bond acceptors (Lipinski definition) is 5. The van der Waals surface area contributed by atoms with Gasteiger partial charge in [0.25, 0.3) is 0 Å². The average Bonchev–Trinajstić information content (AvgIpc) is 2.90. The Bertz CT molecular complexity index is 867. The van der Waals surface area contributed by atoms with E-state index in [9.17, 15) is 14.4 Å². The maximum Gasteiger partial charge on any atom is 0.319 e. The van der Waals surface area contributed by atoms with Crippen molar-refractivity contribution >= 4 is 29.3 Å². The van der Waals surface area contributed by atoms with E-state index in [1.54, 1.807) is 27.7 Å². The van der Waals surface area contributed by atoms with Gasteiger partial charge in [0.05, 0.1) is 5.69 Å². The molecule has 0 radical (unpaired) electrons. The fourth-order valence-corrected chi connectivity index (χ4v) is 3.77. The van der Waals surface area contributed by atoms with E-state index >= 15 is 0 Å². The van der Waals surface area contributed by atoms with E-state index in [4.69, 9.17) is 4.74 Å². The van der Waals surface area contributed by atoms with Gasteiger partial charge >= 0.3 is 5.97 Å². The molecule has 144 valence electrons. The molecule has 2 rings (SSSR count). The zero-order chi connectivity index (χ0) is 20.3. The number of hydrogen-bond donors (Lipinski definition) is 1. The molecule has 0 saturated carbocycles. The summed E-state index contributed by atoms with van der Waals surface area (Å²) < 4.78 is 5.37. The Balaban J connectivity index is 2.05. The molecule has 0 spiro atoms. The summed E-state index contributed by atoms with van der Waals surface area (Å²) in [7, 11) is 0. The minimum Gasteiger partial charge on any atom is -0.453 e. The van der Waals surface area contributed by atoms with E-state index in [0.717, 1.165) is 10.5 Å². The molecule has 2 atom stereocenters. The van der Waals surface area contributed by atoms with Crippen molar-refractivity contribution in [3.8, 4) is 0 Å². The highest BCUT2D eigenvalue weighted by Crippen LogP contribution is 2.25. The summed E-state index contributed by atoms with van der Waals surface area (Å²) in [4.78, 5) is 40.7. The summed E-state index contributed by atoms with van der Waals surface area (Å²) in [6.07, 6.45) is -0.935. The molecule has 1 heterocycles. The Morgan fingerprint density at radius 1 is 1.04 bits per heavy atom. The van der Waals surface area contributed by atoms with Gasteiger partial charge in [-0.1, -0.05) is 17.7 Å². The lowest BCUT2D eigenvalue weighted by Crippen LogP contribution is -2.29. The van der Waals surface area contributed by atoms with Gasteiger partial charge in [0.2, 0.25) is 5.78 Å². The Kier molecular flexibility index (Phi) is 6.65. The van der Waals surface area contributed by atoms with E-state index in [-0.39, 0.29) is 11.6 Å². The molecule has 0 amide bonds. The first-order valence-electron chi connectivity index (χ1n) is 8.80. The van der Waals surface area contributed by atoms with Gasteiger partial charge in [0.15, 0.2) is 11.9 Å². The van der Waals surface area contributed by atoms with Crippen LogP contribution in [-0.2, 0) is 9.53 Å². The summed E-state index contributed by atoms with van der Waals surface area (Å²) in [6, 6.07) is 7.87. The van der Waals surface area contributed by atoms with Gasteiger partial charge in [-0.2, -0.15) is 0 Å². The van der Waals surface area contributed by atoms with Crippen molar-refractivity contribution in [1.82, 2.24) is 4.98 Å². The van der Waals surface area contributed by atoms with Gasteiger partial charge in [-0.25, -0.2) is 0 Å². The van der Waals surface area contributed by atoms with Crippen LogP contribution in [0, 0.1) is 20.8 Å². The highest BCUT2D eigenvalue weighted by atomic mass is 32.2. The number of ether oxygens (including phenoxy) is 1. The van der Waals surface area contributed by atoms with E-state index in [1.165, 1.54) is 18.7 Å². The fraction of sp³-hybridized carbons (Fsp3) is 0.381. The molecular formula is C21H25NO4S. The number of nitrogens with one attached hydrogen (secondary N) is 1. The van der Waals surface area contributed by atoms with Crippen molar-refractivity contribution in [2.75, 3.05) is 0 Å². The molecule has 0 bridgehead atoms. The number of ketones is 2. The first-order valence-corrected chi connectivity index (χ1v) is 9.68. The lowest BCUT2D eigenvalue weighted by Gasteiger charge is -2.16. The van der Waals surface area contributed by atoms with Crippen LogP contribution in [0.15, 0.2) is 29.2 Å². The SMILES string of the molecule is CC(=O)c1c(C)[nH]c(C(=O)[C@H](C)OC(=O)[C@H](C)Sc2ccc(C)cc2)c1C. The minimum absolute atomic E-state index is 0.104. The molecule has 0 aliphatic heterocycles. The van der Waals surface area contributed by atoms with Crippen LogP contribution < -0.4 is 0 Å².